The Morgan fingerprint density at radius 2 is 1.87 bits per heavy atom. The summed E-state index contributed by atoms with van der Waals surface area (Å²) in [6, 6.07) is 0. The summed E-state index contributed by atoms with van der Waals surface area (Å²) in [6.45, 7) is 9.51. The predicted octanol–water partition coefficient (Wildman–Crippen LogP) is 1.79. The van der Waals surface area contributed by atoms with Crippen molar-refractivity contribution >= 4 is 39.8 Å². The molecule has 0 radical (unpaired) electrons. The van der Waals surface area contributed by atoms with Crippen LogP contribution in [0.25, 0.3) is 0 Å². The van der Waals surface area contributed by atoms with Crippen molar-refractivity contribution in [3.05, 3.63) is 17.3 Å². The number of aromatic nitrogens is 1. The second-order valence-electron chi connectivity index (χ2n) is 6.03. The number of nitrogens with one attached hydrogen (secondary N) is 2. The lowest BCUT2D eigenvalue weighted by Crippen LogP contribution is -2.41. The molecule has 7 nitrogen and oxygen atoms in total. The number of halogens is 1. The zero-order valence-electron chi connectivity index (χ0n) is 14.6. The molecule has 0 aliphatic heterocycles. The molecule has 134 valence electrons. The van der Waals surface area contributed by atoms with Gasteiger partial charge in [0.1, 0.15) is 5.76 Å². The Morgan fingerprint density at radius 1 is 1.26 bits per heavy atom. The Kier molecular flexibility index (Phi) is 8.53. The average molecular weight is 458 g/mol. The molecule has 0 aliphatic rings. The molecule has 9 heteroatoms. The molecule has 0 saturated heterocycles. The summed E-state index contributed by atoms with van der Waals surface area (Å²) in [5.74, 6) is 1.92. The van der Waals surface area contributed by atoms with E-state index in [-0.39, 0.29) is 29.7 Å². The van der Waals surface area contributed by atoms with E-state index < -0.39 is 14.6 Å². The Labute approximate surface area is 155 Å². The predicted molar refractivity (Wildman–Crippen MR) is 103 cm³/mol. The van der Waals surface area contributed by atoms with Crippen LogP contribution in [0.1, 0.15) is 38.1 Å². The van der Waals surface area contributed by atoms with E-state index in [1.807, 2.05) is 13.8 Å². The van der Waals surface area contributed by atoms with Crippen molar-refractivity contribution in [3.63, 3.8) is 0 Å². The fourth-order valence-electron chi connectivity index (χ4n) is 1.60. The highest BCUT2D eigenvalue weighted by Gasteiger charge is 2.28. The molecule has 0 unspecified atom stereocenters. The van der Waals surface area contributed by atoms with E-state index >= 15 is 0 Å². The third kappa shape index (κ3) is 6.66. The molecule has 23 heavy (non-hydrogen) atoms. The van der Waals surface area contributed by atoms with Gasteiger partial charge in [0.15, 0.2) is 15.8 Å². The molecule has 1 heterocycles. The van der Waals surface area contributed by atoms with Gasteiger partial charge in [-0.1, -0.05) is 0 Å². The van der Waals surface area contributed by atoms with Crippen LogP contribution in [0.4, 0.5) is 0 Å². The molecule has 0 bridgehead atoms. The van der Waals surface area contributed by atoms with E-state index in [2.05, 4.69) is 20.6 Å². The molecule has 0 spiro atoms. The number of aryl methyl sites for hydroxylation is 2. The second-order valence-corrected chi connectivity index (χ2v) is 8.90. The van der Waals surface area contributed by atoms with Crippen molar-refractivity contribution < 1.29 is 12.8 Å². The van der Waals surface area contributed by atoms with Gasteiger partial charge in [-0.3, -0.25) is 4.99 Å². The molecule has 0 amide bonds. The number of oxazole rings is 1. The van der Waals surface area contributed by atoms with Gasteiger partial charge in [0.05, 0.1) is 22.7 Å². The fourth-order valence-corrected chi connectivity index (χ4v) is 2.59. The summed E-state index contributed by atoms with van der Waals surface area (Å²) in [6.07, 6.45) is 0. The molecule has 0 aromatic carbocycles. The molecule has 1 aromatic heterocycles. The van der Waals surface area contributed by atoms with E-state index in [9.17, 15) is 8.42 Å². The van der Waals surface area contributed by atoms with Crippen molar-refractivity contribution in [2.45, 2.75) is 45.9 Å². The summed E-state index contributed by atoms with van der Waals surface area (Å²) < 4.78 is 28.7. The largest absolute Gasteiger partial charge is 0.444 e. The van der Waals surface area contributed by atoms with Gasteiger partial charge in [0, 0.05) is 13.6 Å². The zero-order chi connectivity index (χ0) is 17.0. The summed E-state index contributed by atoms with van der Waals surface area (Å²) in [7, 11) is -1.52. The van der Waals surface area contributed by atoms with Crippen LogP contribution in [0.3, 0.4) is 0 Å². The highest BCUT2D eigenvalue weighted by molar-refractivity contribution is 14.0. The Hall–Kier alpha value is -0.840. The quantitative estimate of drug-likeness (QED) is 0.397. The van der Waals surface area contributed by atoms with Crippen molar-refractivity contribution in [2.24, 2.45) is 4.99 Å². The molecule has 0 fully saturated rings. The Morgan fingerprint density at radius 3 is 2.30 bits per heavy atom. The topological polar surface area (TPSA) is 96.6 Å². The van der Waals surface area contributed by atoms with Gasteiger partial charge in [-0.25, -0.2) is 13.4 Å². The second kappa shape index (κ2) is 8.86. The maximum Gasteiger partial charge on any atom is 0.214 e. The van der Waals surface area contributed by atoms with E-state index in [1.54, 1.807) is 27.8 Å². The van der Waals surface area contributed by atoms with Gasteiger partial charge >= 0.3 is 0 Å². The maximum atomic E-state index is 12.0. The van der Waals surface area contributed by atoms with Gasteiger partial charge in [0.2, 0.25) is 5.89 Å². The van der Waals surface area contributed by atoms with Crippen molar-refractivity contribution in [1.29, 1.82) is 0 Å². The Balaban J connectivity index is 0.00000484. The maximum absolute atomic E-state index is 12.0. The van der Waals surface area contributed by atoms with Crippen LogP contribution in [0, 0.1) is 13.8 Å². The molecule has 0 atom stereocenters. The number of hydrogen-bond acceptors (Lipinski definition) is 5. The average Bonchev–Trinajstić information content (AvgIpc) is 2.71. The lowest BCUT2D eigenvalue weighted by Gasteiger charge is -2.19. The molecular weight excluding hydrogens is 431 g/mol. The van der Waals surface area contributed by atoms with Crippen LogP contribution in [0.5, 0.6) is 0 Å². The van der Waals surface area contributed by atoms with Crippen LogP contribution >= 0.6 is 24.0 Å². The minimum Gasteiger partial charge on any atom is -0.444 e. The van der Waals surface area contributed by atoms with Crippen molar-refractivity contribution in [2.75, 3.05) is 19.3 Å². The first-order chi connectivity index (χ1) is 10.1. The van der Waals surface area contributed by atoms with E-state index in [0.29, 0.717) is 24.9 Å². The summed E-state index contributed by atoms with van der Waals surface area (Å²) in [5, 5.41) is 6.02. The monoisotopic (exact) mass is 458 g/mol. The summed E-state index contributed by atoms with van der Waals surface area (Å²) in [4.78, 5) is 8.30. The lowest BCUT2D eigenvalue weighted by atomic mass is 10.3. The normalized spacial score (nSPS) is 12.7. The summed E-state index contributed by atoms with van der Waals surface area (Å²) >= 11 is 0. The lowest BCUT2D eigenvalue weighted by molar-refractivity contribution is 0.464. The summed E-state index contributed by atoms with van der Waals surface area (Å²) in [5.41, 5.74) is 0.857. The fraction of sp³-hybridized carbons (Fsp3) is 0.714. The minimum absolute atomic E-state index is 0. The molecule has 1 aromatic rings. The van der Waals surface area contributed by atoms with Crippen LogP contribution in [-0.4, -0.2) is 43.5 Å². The van der Waals surface area contributed by atoms with Crippen LogP contribution in [0.2, 0.25) is 0 Å². The van der Waals surface area contributed by atoms with Gasteiger partial charge in [0.25, 0.3) is 0 Å². The first-order valence-corrected chi connectivity index (χ1v) is 8.82. The van der Waals surface area contributed by atoms with Gasteiger partial charge in [-0.05, 0) is 34.6 Å². The van der Waals surface area contributed by atoms with Crippen LogP contribution in [0.15, 0.2) is 9.41 Å². The molecule has 0 saturated carbocycles. The van der Waals surface area contributed by atoms with E-state index in [0.717, 1.165) is 11.5 Å². The molecule has 1 rings (SSSR count). The number of rotatable bonds is 5. The van der Waals surface area contributed by atoms with Gasteiger partial charge in [-0.2, -0.15) is 0 Å². The SMILES string of the molecule is CN=C(NCCS(=O)(=O)C(C)(C)C)NCc1nc(C)c(C)o1.I. The molecule has 0 aliphatic carbocycles. The van der Waals surface area contributed by atoms with Gasteiger partial charge < -0.3 is 15.1 Å². The van der Waals surface area contributed by atoms with Crippen LogP contribution < -0.4 is 10.6 Å². The third-order valence-corrected chi connectivity index (χ3v) is 5.91. The third-order valence-electron chi connectivity index (χ3n) is 3.30. The highest BCUT2D eigenvalue weighted by atomic mass is 127. The standard InChI is InChI=1S/C14H26N4O3S.HI/c1-10-11(2)21-12(18-10)9-17-13(15-6)16-7-8-22(19,20)14(3,4)5;/h7-9H2,1-6H3,(H2,15,16,17);1H. The zero-order valence-corrected chi connectivity index (χ0v) is 17.7. The van der Waals surface area contributed by atoms with Crippen molar-refractivity contribution in [1.82, 2.24) is 15.6 Å². The minimum atomic E-state index is -3.15. The van der Waals surface area contributed by atoms with E-state index in [1.165, 1.54) is 0 Å². The number of hydrogen-bond donors (Lipinski definition) is 2. The van der Waals surface area contributed by atoms with Crippen LogP contribution in [-0.2, 0) is 16.4 Å². The smallest absolute Gasteiger partial charge is 0.214 e. The molecular formula is C14H27IN4O3S. The first-order valence-electron chi connectivity index (χ1n) is 7.16. The highest BCUT2D eigenvalue weighted by Crippen LogP contribution is 2.15. The van der Waals surface area contributed by atoms with E-state index in [4.69, 9.17) is 4.42 Å². The van der Waals surface area contributed by atoms with Gasteiger partial charge in [-0.15, -0.1) is 24.0 Å². The Bertz CT molecular complexity index is 613. The number of aliphatic imine (C=N–C) groups is 1. The number of sulfone groups is 1. The molecule has 2 N–H and O–H groups in total. The first kappa shape index (κ1) is 22.2. The number of guanidine groups is 1. The van der Waals surface area contributed by atoms with Crippen molar-refractivity contribution in [3.8, 4) is 0 Å². The number of nitrogens with zero attached hydrogens (tertiary/aromatic N) is 2.